The average molecular weight is 256 g/mol. The van der Waals surface area contributed by atoms with Gasteiger partial charge in [0.05, 0.1) is 17.1 Å². The lowest BCUT2D eigenvalue weighted by Crippen LogP contribution is -2.14. The molecule has 1 unspecified atom stereocenters. The Morgan fingerprint density at radius 2 is 2.38 bits per heavy atom. The Morgan fingerprint density at radius 1 is 1.56 bits per heavy atom. The van der Waals surface area contributed by atoms with E-state index < -0.39 is 0 Å². The van der Waals surface area contributed by atoms with E-state index in [4.69, 9.17) is 17.3 Å². The molecule has 0 aliphatic carbocycles. The molecule has 2 rings (SSSR count). The van der Waals surface area contributed by atoms with E-state index in [2.05, 4.69) is 16.9 Å². The van der Waals surface area contributed by atoms with Gasteiger partial charge in [-0.2, -0.15) is 11.8 Å². The number of rotatable bonds is 4. The van der Waals surface area contributed by atoms with Crippen molar-refractivity contribution in [3.05, 3.63) is 29.0 Å². The average Bonchev–Trinajstić information content (AvgIpc) is 2.68. The Kier molecular flexibility index (Phi) is 3.74. The molecule has 5 heteroatoms. The minimum Gasteiger partial charge on any atom is -0.341 e. The van der Waals surface area contributed by atoms with E-state index in [-0.39, 0.29) is 6.04 Å². The highest BCUT2D eigenvalue weighted by atomic mass is 35.5. The van der Waals surface area contributed by atoms with E-state index in [1.54, 1.807) is 0 Å². The number of imidazole rings is 1. The van der Waals surface area contributed by atoms with Gasteiger partial charge in [0.2, 0.25) is 0 Å². The number of fused-ring (bicyclic) bond motifs is 1. The molecular formula is C11H14ClN3S. The Labute approximate surface area is 104 Å². The van der Waals surface area contributed by atoms with Gasteiger partial charge in [0, 0.05) is 10.8 Å². The number of halogens is 1. The molecule has 0 saturated carbocycles. The first kappa shape index (κ1) is 11.8. The van der Waals surface area contributed by atoms with Gasteiger partial charge in [0.1, 0.15) is 5.82 Å². The first-order valence-electron chi connectivity index (χ1n) is 5.19. The normalized spacial score (nSPS) is 13.2. The van der Waals surface area contributed by atoms with Crippen LogP contribution >= 0.6 is 23.4 Å². The lowest BCUT2D eigenvalue weighted by molar-refractivity contribution is 0.771. The number of aromatic nitrogens is 2. The van der Waals surface area contributed by atoms with Crippen LogP contribution in [0.15, 0.2) is 18.2 Å². The number of benzene rings is 1. The van der Waals surface area contributed by atoms with Gasteiger partial charge in [-0.05, 0) is 24.0 Å². The molecule has 16 heavy (non-hydrogen) atoms. The van der Waals surface area contributed by atoms with Crippen molar-refractivity contribution in [1.29, 1.82) is 0 Å². The molecule has 2 aromatic rings. The third kappa shape index (κ3) is 2.51. The van der Waals surface area contributed by atoms with E-state index in [1.807, 2.05) is 30.0 Å². The predicted molar refractivity (Wildman–Crippen MR) is 71.0 cm³/mol. The summed E-state index contributed by atoms with van der Waals surface area (Å²) in [5.74, 6) is 2.78. The van der Waals surface area contributed by atoms with Crippen molar-refractivity contribution in [3.63, 3.8) is 0 Å². The Hall–Kier alpha value is -0.710. The van der Waals surface area contributed by atoms with Crippen molar-refractivity contribution in [2.24, 2.45) is 5.73 Å². The highest BCUT2D eigenvalue weighted by molar-refractivity contribution is 7.99. The highest BCUT2D eigenvalue weighted by Crippen LogP contribution is 2.20. The first-order chi connectivity index (χ1) is 7.70. The summed E-state index contributed by atoms with van der Waals surface area (Å²) in [6, 6.07) is 5.56. The van der Waals surface area contributed by atoms with Gasteiger partial charge in [-0.3, -0.25) is 0 Å². The van der Waals surface area contributed by atoms with Crippen LogP contribution in [-0.4, -0.2) is 21.5 Å². The maximum Gasteiger partial charge on any atom is 0.125 e. The molecule has 86 valence electrons. The second kappa shape index (κ2) is 5.08. The fourth-order valence-electron chi connectivity index (χ4n) is 1.50. The number of hydrogen-bond donors (Lipinski definition) is 2. The summed E-state index contributed by atoms with van der Waals surface area (Å²) in [5, 5.41) is 0.708. The number of H-pyrrole nitrogens is 1. The molecule has 3 N–H and O–H groups in total. The van der Waals surface area contributed by atoms with Crippen LogP contribution in [0.1, 0.15) is 18.8 Å². The number of thioether (sulfide) groups is 1. The predicted octanol–water partition coefficient (Wildman–Crippen LogP) is 2.97. The van der Waals surface area contributed by atoms with Gasteiger partial charge < -0.3 is 10.7 Å². The topological polar surface area (TPSA) is 54.7 Å². The summed E-state index contributed by atoms with van der Waals surface area (Å²) in [6.07, 6.45) is 0. The molecule has 1 atom stereocenters. The van der Waals surface area contributed by atoms with Crippen LogP contribution in [0.3, 0.4) is 0 Å². The smallest absolute Gasteiger partial charge is 0.125 e. The van der Waals surface area contributed by atoms with Crippen LogP contribution in [0.4, 0.5) is 0 Å². The summed E-state index contributed by atoms with van der Waals surface area (Å²) in [5.41, 5.74) is 7.89. The second-order valence-corrected chi connectivity index (χ2v) is 5.30. The highest BCUT2D eigenvalue weighted by Gasteiger charge is 2.10. The molecule has 0 fully saturated rings. The largest absolute Gasteiger partial charge is 0.341 e. The van der Waals surface area contributed by atoms with E-state index in [0.29, 0.717) is 5.02 Å². The molecule has 1 aromatic heterocycles. The zero-order chi connectivity index (χ0) is 11.5. The van der Waals surface area contributed by atoms with Gasteiger partial charge in [-0.1, -0.05) is 18.5 Å². The Morgan fingerprint density at radius 3 is 3.12 bits per heavy atom. The van der Waals surface area contributed by atoms with Gasteiger partial charge in [-0.15, -0.1) is 0 Å². The first-order valence-corrected chi connectivity index (χ1v) is 6.72. The number of aromatic amines is 1. The summed E-state index contributed by atoms with van der Waals surface area (Å²) in [7, 11) is 0. The van der Waals surface area contributed by atoms with E-state index in [9.17, 15) is 0 Å². The third-order valence-corrected chi connectivity index (χ3v) is 3.55. The van der Waals surface area contributed by atoms with E-state index in [0.717, 1.165) is 28.4 Å². The maximum absolute atomic E-state index is 6.04. The fraction of sp³-hybridized carbons (Fsp3) is 0.364. The Bertz CT molecular complexity index is 483. The molecule has 3 nitrogen and oxygen atoms in total. The monoisotopic (exact) mass is 255 g/mol. The van der Waals surface area contributed by atoms with Gasteiger partial charge >= 0.3 is 0 Å². The lowest BCUT2D eigenvalue weighted by Gasteiger charge is -2.06. The minimum atomic E-state index is -0.0453. The zero-order valence-electron chi connectivity index (χ0n) is 9.03. The summed E-state index contributed by atoms with van der Waals surface area (Å²) < 4.78 is 0. The molecule has 0 bridgehead atoms. The molecule has 0 aliphatic heterocycles. The third-order valence-electron chi connectivity index (χ3n) is 2.31. The number of hydrogen-bond acceptors (Lipinski definition) is 3. The van der Waals surface area contributed by atoms with Crippen LogP contribution in [-0.2, 0) is 0 Å². The summed E-state index contributed by atoms with van der Waals surface area (Å²) >= 11 is 7.72. The molecule has 0 radical (unpaired) electrons. The van der Waals surface area contributed by atoms with Crippen LogP contribution in [0.5, 0.6) is 0 Å². The van der Waals surface area contributed by atoms with Crippen LogP contribution in [0, 0.1) is 0 Å². The van der Waals surface area contributed by atoms with Crippen LogP contribution in [0.25, 0.3) is 11.0 Å². The molecule has 0 spiro atoms. The molecule has 0 amide bonds. The molecule has 0 saturated heterocycles. The number of nitrogens with zero attached hydrogens (tertiary/aromatic N) is 1. The van der Waals surface area contributed by atoms with Gasteiger partial charge in [0.25, 0.3) is 0 Å². The lowest BCUT2D eigenvalue weighted by atomic mass is 10.3. The van der Waals surface area contributed by atoms with E-state index in [1.165, 1.54) is 0 Å². The van der Waals surface area contributed by atoms with Crippen LogP contribution in [0.2, 0.25) is 5.02 Å². The van der Waals surface area contributed by atoms with Gasteiger partial charge in [-0.25, -0.2) is 4.98 Å². The Balaban J connectivity index is 2.25. The molecule has 1 aromatic carbocycles. The summed E-state index contributed by atoms with van der Waals surface area (Å²) in [6.45, 7) is 2.12. The number of nitrogens with two attached hydrogens (primary N) is 1. The molecule has 1 heterocycles. The van der Waals surface area contributed by atoms with Gasteiger partial charge in [0.15, 0.2) is 0 Å². The zero-order valence-corrected chi connectivity index (χ0v) is 10.6. The standard InChI is InChI=1S/C11H14ClN3S/c1-2-16-6-8(13)11-14-9-4-3-7(12)5-10(9)15-11/h3-5,8H,2,6,13H2,1H3,(H,14,15). The maximum atomic E-state index is 6.04. The summed E-state index contributed by atoms with van der Waals surface area (Å²) in [4.78, 5) is 7.67. The van der Waals surface area contributed by atoms with Crippen molar-refractivity contribution >= 4 is 34.4 Å². The fourth-order valence-corrected chi connectivity index (χ4v) is 2.32. The van der Waals surface area contributed by atoms with Crippen molar-refractivity contribution < 1.29 is 0 Å². The molecular weight excluding hydrogens is 242 g/mol. The SMILES string of the molecule is CCSCC(N)c1nc2ccc(Cl)cc2[nH]1. The van der Waals surface area contributed by atoms with Crippen LogP contribution < -0.4 is 5.73 Å². The quantitative estimate of drug-likeness (QED) is 0.883. The molecule has 0 aliphatic rings. The number of nitrogens with one attached hydrogen (secondary N) is 1. The van der Waals surface area contributed by atoms with Crippen molar-refractivity contribution in [2.75, 3.05) is 11.5 Å². The minimum absolute atomic E-state index is 0.0453. The van der Waals surface area contributed by atoms with Crippen molar-refractivity contribution in [2.45, 2.75) is 13.0 Å². The van der Waals surface area contributed by atoms with Crippen molar-refractivity contribution in [1.82, 2.24) is 9.97 Å². The second-order valence-electron chi connectivity index (χ2n) is 3.55. The van der Waals surface area contributed by atoms with Crippen molar-refractivity contribution in [3.8, 4) is 0 Å². The van der Waals surface area contributed by atoms with E-state index >= 15 is 0 Å².